The highest BCUT2D eigenvalue weighted by molar-refractivity contribution is 6.33. The van der Waals surface area contributed by atoms with Crippen LogP contribution in [-0.2, 0) is 6.42 Å². The van der Waals surface area contributed by atoms with Crippen LogP contribution in [0, 0.1) is 6.92 Å². The number of halogens is 2. The average Bonchev–Trinajstić information content (AvgIpc) is 2.42. The summed E-state index contributed by atoms with van der Waals surface area (Å²) in [5.74, 6) is -0.283. The number of hydrogen-bond acceptors (Lipinski definition) is 3. The SMILES string of the molecule is CCCc1cc(C(=O)Nc2c(C)ccnc2Cl)cc(Cl)n1. The Hall–Kier alpha value is -1.65. The monoisotopic (exact) mass is 323 g/mol. The van der Waals surface area contributed by atoms with E-state index in [0.29, 0.717) is 16.4 Å². The van der Waals surface area contributed by atoms with Gasteiger partial charge >= 0.3 is 0 Å². The third kappa shape index (κ3) is 3.93. The molecule has 1 amide bonds. The number of rotatable bonds is 4. The average molecular weight is 324 g/mol. The fraction of sp³-hybridized carbons (Fsp3) is 0.267. The molecule has 2 aromatic rings. The molecule has 21 heavy (non-hydrogen) atoms. The molecule has 0 saturated heterocycles. The molecular weight excluding hydrogens is 309 g/mol. The second-order valence-corrected chi connectivity index (χ2v) is 5.41. The molecule has 1 N–H and O–H groups in total. The largest absolute Gasteiger partial charge is 0.319 e. The van der Waals surface area contributed by atoms with Crippen LogP contribution in [0.5, 0.6) is 0 Å². The highest BCUT2D eigenvalue weighted by Crippen LogP contribution is 2.24. The molecule has 0 aromatic carbocycles. The number of aryl methyl sites for hydroxylation is 2. The second-order valence-electron chi connectivity index (χ2n) is 4.67. The zero-order chi connectivity index (χ0) is 15.4. The van der Waals surface area contributed by atoms with E-state index < -0.39 is 0 Å². The highest BCUT2D eigenvalue weighted by Gasteiger charge is 2.13. The van der Waals surface area contributed by atoms with E-state index in [1.807, 2.05) is 13.8 Å². The molecule has 0 spiro atoms. The van der Waals surface area contributed by atoms with Gasteiger partial charge in [-0.1, -0.05) is 36.5 Å². The van der Waals surface area contributed by atoms with Gasteiger partial charge < -0.3 is 5.32 Å². The zero-order valence-electron chi connectivity index (χ0n) is 11.8. The molecule has 0 aliphatic carbocycles. The van der Waals surface area contributed by atoms with Crippen molar-refractivity contribution in [3.8, 4) is 0 Å². The minimum absolute atomic E-state index is 0.261. The first kappa shape index (κ1) is 15.7. The van der Waals surface area contributed by atoms with Gasteiger partial charge in [-0.15, -0.1) is 0 Å². The Bertz CT molecular complexity index is 654. The number of aromatic nitrogens is 2. The van der Waals surface area contributed by atoms with Gasteiger partial charge in [-0.25, -0.2) is 9.97 Å². The van der Waals surface area contributed by atoms with Crippen molar-refractivity contribution in [3.63, 3.8) is 0 Å². The number of hydrogen-bond donors (Lipinski definition) is 1. The molecule has 110 valence electrons. The summed E-state index contributed by atoms with van der Waals surface area (Å²) in [4.78, 5) is 20.5. The van der Waals surface area contributed by atoms with Crippen LogP contribution in [0.1, 0.15) is 35.0 Å². The van der Waals surface area contributed by atoms with Gasteiger partial charge in [0.2, 0.25) is 0 Å². The van der Waals surface area contributed by atoms with Crippen LogP contribution in [0.15, 0.2) is 24.4 Å². The van der Waals surface area contributed by atoms with Crippen molar-refractivity contribution in [1.29, 1.82) is 0 Å². The van der Waals surface area contributed by atoms with Crippen molar-refractivity contribution in [2.75, 3.05) is 5.32 Å². The van der Waals surface area contributed by atoms with Gasteiger partial charge in [0.1, 0.15) is 5.15 Å². The van der Waals surface area contributed by atoms with Gasteiger partial charge in [0.15, 0.2) is 5.15 Å². The summed E-state index contributed by atoms with van der Waals surface area (Å²) in [6.45, 7) is 3.90. The molecule has 2 aromatic heterocycles. The smallest absolute Gasteiger partial charge is 0.255 e. The van der Waals surface area contributed by atoms with Crippen molar-refractivity contribution < 1.29 is 4.79 Å². The van der Waals surface area contributed by atoms with E-state index in [2.05, 4.69) is 15.3 Å². The van der Waals surface area contributed by atoms with Gasteiger partial charge in [0.25, 0.3) is 5.91 Å². The van der Waals surface area contributed by atoms with Gasteiger partial charge in [-0.05, 0) is 37.1 Å². The minimum atomic E-state index is -0.283. The molecule has 0 saturated carbocycles. The lowest BCUT2D eigenvalue weighted by molar-refractivity contribution is 0.102. The summed E-state index contributed by atoms with van der Waals surface area (Å²) in [5, 5.41) is 3.34. The maximum absolute atomic E-state index is 12.3. The van der Waals surface area contributed by atoms with Crippen molar-refractivity contribution >= 4 is 34.8 Å². The van der Waals surface area contributed by atoms with Gasteiger partial charge in [0.05, 0.1) is 5.69 Å². The normalized spacial score (nSPS) is 10.5. The Kier molecular flexibility index (Phi) is 5.15. The predicted molar refractivity (Wildman–Crippen MR) is 85.2 cm³/mol. The Morgan fingerprint density at radius 2 is 2.10 bits per heavy atom. The first-order valence-corrected chi connectivity index (χ1v) is 7.35. The van der Waals surface area contributed by atoms with E-state index in [4.69, 9.17) is 23.2 Å². The first-order valence-electron chi connectivity index (χ1n) is 6.60. The first-order chi connectivity index (χ1) is 10.0. The number of anilines is 1. The predicted octanol–water partition coefficient (Wildman–Crippen LogP) is 4.30. The summed E-state index contributed by atoms with van der Waals surface area (Å²) in [6, 6.07) is 5.06. The minimum Gasteiger partial charge on any atom is -0.319 e. The van der Waals surface area contributed by atoms with E-state index >= 15 is 0 Å². The third-order valence-corrected chi connectivity index (χ3v) is 3.45. The van der Waals surface area contributed by atoms with Gasteiger partial charge in [-0.3, -0.25) is 4.79 Å². The summed E-state index contributed by atoms with van der Waals surface area (Å²) in [6.07, 6.45) is 3.30. The van der Waals surface area contributed by atoms with Crippen LogP contribution < -0.4 is 5.32 Å². The number of pyridine rings is 2. The van der Waals surface area contributed by atoms with E-state index in [1.165, 1.54) is 6.07 Å². The lowest BCUT2D eigenvalue weighted by atomic mass is 10.1. The molecule has 0 radical (unpaired) electrons. The maximum atomic E-state index is 12.3. The molecule has 0 atom stereocenters. The molecule has 6 heteroatoms. The summed E-state index contributed by atoms with van der Waals surface area (Å²) < 4.78 is 0. The van der Waals surface area contributed by atoms with Crippen LogP contribution in [-0.4, -0.2) is 15.9 Å². The van der Waals surface area contributed by atoms with Crippen LogP contribution in [0.25, 0.3) is 0 Å². The maximum Gasteiger partial charge on any atom is 0.255 e. The Morgan fingerprint density at radius 1 is 1.33 bits per heavy atom. The van der Waals surface area contributed by atoms with Crippen LogP contribution in [0.3, 0.4) is 0 Å². The fourth-order valence-corrected chi connectivity index (χ4v) is 2.41. The molecular formula is C15H15Cl2N3O. The van der Waals surface area contributed by atoms with Gasteiger partial charge in [-0.2, -0.15) is 0 Å². The molecule has 2 rings (SSSR count). The number of carbonyl (C=O) groups is 1. The number of nitrogens with zero attached hydrogens (tertiary/aromatic N) is 2. The lowest BCUT2D eigenvalue weighted by Crippen LogP contribution is -2.14. The molecule has 0 unspecified atom stereocenters. The topological polar surface area (TPSA) is 54.9 Å². The van der Waals surface area contributed by atoms with E-state index in [0.717, 1.165) is 24.1 Å². The molecule has 0 bridgehead atoms. The summed E-state index contributed by atoms with van der Waals surface area (Å²) in [5.41, 5.74) is 2.60. The number of amides is 1. The third-order valence-electron chi connectivity index (χ3n) is 2.97. The summed E-state index contributed by atoms with van der Waals surface area (Å²) in [7, 11) is 0. The highest BCUT2D eigenvalue weighted by atomic mass is 35.5. The Morgan fingerprint density at radius 3 is 2.76 bits per heavy atom. The van der Waals surface area contributed by atoms with Gasteiger partial charge in [0, 0.05) is 17.5 Å². The Balaban J connectivity index is 2.28. The lowest BCUT2D eigenvalue weighted by Gasteiger charge is -2.10. The number of nitrogens with one attached hydrogen (secondary N) is 1. The van der Waals surface area contributed by atoms with E-state index in [9.17, 15) is 4.79 Å². The quantitative estimate of drug-likeness (QED) is 0.853. The molecule has 0 aliphatic rings. The van der Waals surface area contributed by atoms with Crippen molar-refractivity contribution in [3.05, 3.63) is 51.5 Å². The zero-order valence-corrected chi connectivity index (χ0v) is 13.3. The van der Waals surface area contributed by atoms with E-state index in [1.54, 1.807) is 18.3 Å². The van der Waals surface area contributed by atoms with Crippen LogP contribution in [0.2, 0.25) is 10.3 Å². The standard InChI is InChI=1S/C15H15Cl2N3O/c1-3-4-11-7-10(8-12(16)19-11)15(21)20-13-9(2)5-6-18-14(13)17/h5-8H,3-4H2,1-2H3,(H,20,21). The number of carbonyl (C=O) groups excluding carboxylic acids is 1. The Labute approximate surface area is 133 Å². The second kappa shape index (κ2) is 6.87. The molecule has 4 nitrogen and oxygen atoms in total. The van der Waals surface area contributed by atoms with E-state index in [-0.39, 0.29) is 11.1 Å². The molecule has 2 heterocycles. The van der Waals surface area contributed by atoms with Crippen molar-refractivity contribution in [1.82, 2.24) is 9.97 Å². The summed E-state index contributed by atoms with van der Waals surface area (Å²) >= 11 is 12.0. The van der Waals surface area contributed by atoms with Crippen molar-refractivity contribution in [2.45, 2.75) is 26.7 Å². The molecule has 0 fully saturated rings. The fourth-order valence-electron chi connectivity index (χ4n) is 1.93. The molecule has 0 aliphatic heterocycles. The van der Waals surface area contributed by atoms with Crippen LogP contribution in [0.4, 0.5) is 5.69 Å². The van der Waals surface area contributed by atoms with Crippen molar-refractivity contribution in [2.24, 2.45) is 0 Å². The van der Waals surface area contributed by atoms with Crippen LogP contribution >= 0.6 is 23.2 Å².